The molecule has 1 aliphatic heterocycles. The Bertz CT molecular complexity index is 645. The Kier molecular flexibility index (Phi) is 4.82. The summed E-state index contributed by atoms with van der Waals surface area (Å²) in [6.45, 7) is 8.74. The first-order chi connectivity index (χ1) is 11.0. The second kappa shape index (κ2) is 6.84. The Morgan fingerprint density at radius 2 is 2.17 bits per heavy atom. The summed E-state index contributed by atoms with van der Waals surface area (Å²) < 4.78 is 9.94. The maximum atomic E-state index is 5.93. The van der Waals surface area contributed by atoms with Crippen molar-refractivity contribution in [3.8, 4) is 0 Å². The van der Waals surface area contributed by atoms with Crippen molar-refractivity contribution in [2.45, 2.75) is 32.9 Å². The normalized spacial score (nSPS) is 18.6. The number of ether oxygens (including phenoxy) is 1. The van der Waals surface area contributed by atoms with Crippen molar-refractivity contribution in [1.29, 1.82) is 0 Å². The van der Waals surface area contributed by atoms with Crippen LogP contribution in [0.4, 0.5) is 0 Å². The number of imidazole rings is 1. The van der Waals surface area contributed by atoms with Crippen molar-refractivity contribution in [2.75, 3.05) is 19.8 Å². The molecule has 0 N–H and O–H groups in total. The molecule has 0 fully saturated rings. The van der Waals surface area contributed by atoms with Crippen molar-refractivity contribution >= 4 is 0 Å². The van der Waals surface area contributed by atoms with E-state index in [4.69, 9.17) is 4.74 Å². The molecule has 3 heterocycles. The van der Waals surface area contributed by atoms with Gasteiger partial charge in [0.05, 0.1) is 24.8 Å². The summed E-state index contributed by atoms with van der Waals surface area (Å²) in [7, 11) is 4.04. The van der Waals surface area contributed by atoms with E-state index in [2.05, 4.69) is 46.6 Å². The van der Waals surface area contributed by atoms with Crippen LogP contribution in [-0.2, 0) is 31.9 Å². The molecule has 1 aliphatic rings. The summed E-state index contributed by atoms with van der Waals surface area (Å²) in [5.41, 5.74) is 3.76. The highest BCUT2D eigenvalue weighted by atomic mass is 16.5. The molecule has 0 aromatic carbocycles. The van der Waals surface area contributed by atoms with Crippen molar-refractivity contribution in [3.63, 3.8) is 0 Å². The predicted molar refractivity (Wildman–Crippen MR) is 88.9 cm³/mol. The maximum absolute atomic E-state index is 5.93. The third-order valence-corrected chi connectivity index (χ3v) is 4.24. The van der Waals surface area contributed by atoms with Gasteiger partial charge in [0, 0.05) is 63.7 Å². The Hall–Kier alpha value is -1.66. The zero-order valence-corrected chi connectivity index (χ0v) is 14.6. The molecule has 6 heteroatoms. The van der Waals surface area contributed by atoms with Gasteiger partial charge in [-0.3, -0.25) is 9.58 Å². The Labute approximate surface area is 138 Å². The van der Waals surface area contributed by atoms with E-state index in [9.17, 15) is 0 Å². The van der Waals surface area contributed by atoms with Crippen LogP contribution < -0.4 is 0 Å². The van der Waals surface area contributed by atoms with Gasteiger partial charge in [0.15, 0.2) is 0 Å². The van der Waals surface area contributed by atoms with Gasteiger partial charge in [-0.15, -0.1) is 0 Å². The van der Waals surface area contributed by atoms with E-state index in [0.29, 0.717) is 11.8 Å². The summed E-state index contributed by atoms with van der Waals surface area (Å²) in [5, 5.41) is 4.26. The fourth-order valence-electron chi connectivity index (χ4n) is 3.32. The van der Waals surface area contributed by atoms with Gasteiger partial charge < -0.3 is 9.30 Å². The third-order valence-electron chi connectivity index (χ3n) is 4.24. The van der Waals surface area contributed by atoms with Gasteiger partial charge in [0.2, 0.25) is 0 Å². The molecular formula is C17H27N5O. The summed E-state index contributed by atoms with van der Waals surface area (Å²) in [4.78, 5) is 7.03. The number of rotatable bonds is 6. The molecule has 1 atom stereocenters. The van der Waals surface area contributed by atoms with Gasteiger partial charge in [-0.25, -0.2) is 4.98 Å². The molecule has 0 amide bonds. The Morgan fingerprint density at radius 1 is 1.35 bits per heavy atom. The molecule has 23 heavy (non-hydrogen) atoms. The number of aromatic nitrogens is 4. The molecule has 0 spiro atoms. The summed E-state index contributed by atoms with van der Waals surface area (Å²) in [6.07, 6.45) is 5.95. The SMILES string of the molecule is CC(C)COC[C@H]1CN(Cc2cnn(C)c2)Cc2ncn(C)c21. The topological polar surface area (TPSA) is 48.1 Å². The van der Waals surface area contributed by atoms with Crippen LogP contribution in [0.25, 0.3) is 0 Å². The number of fused-ring (bicyclic) bond motifs is 1. The van der Waals surface area contributed by atoms with E-state index in [-0.39, 0.29) is 0 Å². The molecule has 6 nitrogen and oxygen atoms in total. The van der Waals surface area contributed by atoms with Crippen LogP contribution in [0.1, 0.15) is 36.7 Å². The minimum Gasteiger partial charge on any atom is -0.380 e. The molecular weight excluding hydrogens is 290 g/mol. The average molecular weight is 317 g/mol. The fraction of sp³-hybridized carbons (Fsp3) is 0.647. The van der Waals surface area contributed by atoms with Crippen LogP contribution in [-0.4, -0.2) is 44.0 Å². The fourth-order valence-corrected chi connectivity index (χ4v) is 3.32. The first-order valence-electron chi connectivity index (χ1n) is 8.30. The van der Waals surface area contributed by atoms with E-state index in [1.807, 2.05) is 24.3 Å². The lowest BCUT2D eigenvalue weighted by atomic mass is 9.98. The second-order valence-electron chi connectivity index (χ2n) is 7.01. The van der Waals surface area contributed by atoms with Gasteiger partial charge in [0.1, 0.15) is 0 Å². The zero-order valence-electron chi connectivity index (χ0n) is 14.6. The largest absolute Gasteiger partial charge is 0.380 e. The molecule has 2 aromatic heterocycles. The van der Waals surface area contributed by atoms with Gasteiger partial charge in [-0.1, -0.05) is 13.8 Å². The quantitative estimate of drug-likeness (QED) is 0.817. The van der Waals surface area contributed by atoms with Crippen LogP contribution >= 0.6 is 0 Å². The van der Waals surface area contributed by atoms with Crippen LogP contribution in [0.2, 0.25) is 0 Å². The lowest BCUT2D eigenvalue weighted by Crippen LogP contribution is -2.36. The summed E-state index contributed by atoms with van der Waals surface area (Å²) in [6, 6.07) is 0. The molecule has 126 valence electrons. The first kappa shape index (κ1) is 16.2. The van der Waals surface area contributed by atoms with Gasteiger partial charge in [-0.05, 0) is 5.92 Å². The van der Waals surface area contributed by atoms with Gasteiger partial charge in [0.25, 0.3) is 0 Å². The monoisotopic (exact) mass is 317 g/mol. The lowest BCUT2D eigenvalue weighted by molar-refractivity contribution is 0.0769. The van der Waals surface area contributed by atoms with Crippen molar-refractivity contribution in [1.82, 2.24) is 24.2 Å². The maximum Gasteiger partial charge on any atom is 0.0949 e. The molecule has 0 saturated carbocycles. The van der Waals surface area contributed by atoms with Crippen LogP contribution in [0.15, 0.2) is 18.7 Å². The summed E-state index contributed by atoms with van der Waals surface area (Å²) in [5.74, 6) is 0.942. The smallest absolute Gasteiger partial charge is 0.0949 e. The van der Waals surface area contributed by atoms with E-state index >= 15 is 0 Å². The van der Waals surface area contributed by atoms with Gasteiger partial charge in [-0.2, -0.15) is 5.10 Å². The van der Waals surface area contributed by atoms with Crippen LogP contribution in [0.3, 0.4) is 0 Å². The number of hydrogen-bond donors (Lipinski definition) is 0. The lowest BCUT2D eigenvalue weighted by Gasteiger charge is -2.32. The standard InChI is InChI=1S/C17H27N5O/c1-13(2)10-23-11-15-8-22(7-14-5-19-21(4)6-14)9-16-17(15)20(3)12-18-16/h5-6,12-13,15H,7-11H2,1-4H3/t15-/m1/s1. The molecule has 0 bridgehead atoms. The van der Waals surface area contributed by atoms with Crippen molar-refractivity contribution < 1.29 is 4.74 Å². The number of aryl methyl sites for hydroxylation is 2. The second-order valence-corrected chi connectivity index (χ2v) is 7.01. The zero-order chi connectivity index (χ0) is 16.4. The Morgan fingerprint density at radius 3 is 2.87 bits per heavy atom. The molecule has 0 aliphatic carbocycles. The molecule has 0 radical (unpaired) electrons. The molecule has 0 saturated heterocycles. The van der Waals surface area contributed by atoms with Crippen molar-refractivity contribution in [3.05, 3.63) is 35.7 Å². The predicted octanol–water partition coefficient (Wildman–Crippen LogP) is 1.93. The molecule has 2 aromatic rings. The minimum atomic E-state index is 0.377. The summed E-state index contributed by atoms with van der Waals surface area (Å²) >= 11 is 0. The van der Waals surface area contributed by atoms with E-state index in [1.165, 1.54) is 17.0 Å². The highest BCUT2D eigenvalue weighted by Gasteiger charge is 2.29. The molecule has 3 rings (SSSR count). The van der Waals surface area contributed by atoms with E-state index < -0.39 is 0 Å². The number of nitrogens with zero attached hydrogens (tertiary/aromatic N) is 5. The average Bonchev–Trinajstić information content (AvgIpc) is 3.05. The first-order valence-corrected chi connectivity index (χ1v) is 8.30. The van der Waals surface area contributed by atoms with Crippen molar-refractivity contribution in [2.24, 2.45) is 20.0 Å². The number of hydrogen-bond acceptors (Lipinski definition) is 4. The molecule has 0 unspecified atom stereocenters. The Balaban J connectivity index is 1.71. The highest BCUT2D eigenvalue weighted by Crippen LogP contribution is 2.28. The minimum absolute atomic E-state index is 0.377. The van der Waals surface area contributed by atoms with E-state index in [1.54, 1.807) is 0 Å². The van der Waals surface area contributed by atoms with Crippen LogP contribution in [0.5, 0.6) is 0 Å². The van der Waals surface area contributed by atoms with Gasteiger partial charge >= 0.3 is 0 Å². The highest BCUT2D eigenvalue weighted by molar-refractivity contribution is 5.22. The van der Waals surface area contributed by atoms with Crippen LogP contribution in [0, 0.1) is 5.92 Å². The third kappa shape index (κ3) is 3.82. The van der Waals surface area contributed by atoms with E-state index in [0.717, 1.165) is 32.8 Å².